The van der Waals surface area contributed by atoms with Gasteiger partial charge in [-0.05, 0) is 64.8 Å². The summed E-state index contributed by atoms with van der Waals surface area (Å²) in [6, 6.07) is 7.37. The molecule has 0 atom stereocenters. The highest BCUT2D eigenvalue weighted by Crippen LogP contribution is 2.42. The minimum atomic E-state index is -0.872. The van der Waals surface area contributed by atoms with Crippen molar-refractivity contribution in [2.24, 2.45) is 0 Å². The maximum Gasteiger partial charge on any atom is 0.410 e. The van der Waals surface area contributed by atoms with Gasteiger partial charge in [-0.2, -0.15) is 0 Å². The van der Waals surface area contributed by atoms with Crippen molar-refractivity contribution < 1.29 is 24.3 Å². The van der Waals surface area contributed by atoms with Gasteiger partial charge in [0.05, 0.1) is 0 Å². The molecule has 1 aliphatic heterocycles. The summed E-state index contributed by atoms with van der Waals surface area (Å²) in [6.07, 6.45) is 0.401. The van der Waals surface area contributed by atoms with Crippen molar-refractivity contribution in [3.05, 3.63) is 24.3 Å². The van der Waals surface area contributed by atoms with E-state index in [-0.39, 0.29) is 0 Å². The van der Waals surface area contributed by atoms with Gasteiger partial charge >= 0.3 is 6.09 Å². The van der Waals surface area contributed by atoms with E-state index in [4.69, 9.17) is 9.47 Å². The maximum absolute atomic E-state index is 12.5. The molecule has 0 radical (unpaired) electrons. The normalized spacial score (nSPS) is 15.7. The third-order valence-electron chi connectivity index (χ3n) is 4.36. The molecule has 1 fully saturated rings. The van der Waals surface area contributed by atoms with Gasteiger partial charge in [0.15, 0.2) is 0 Å². The van der Waals surface area contributed by atoms with Gasteiger partial charge in [0.1, 0.15) is 22.7 Å². The molecule has 0 spiro atoms. The second-order valence-electron chi connectivity index (χ2n) is 7.69. The fourth-order valence-corrected chi connectivity index (χ4v) is 4.12. The van der Waals surface area contributed by atoms with Gasteiger partial charge in [0, 0.05) is 18.0 Å². The molecule has 0 aliphatic carbocycles. The number of thioether (sulfide) groups is 1. The number of likely N-dealkylation sites (tertiary alicyclic amines) is 1. The molecule has 2 amide bonds. The van der Waals surface area contributed by atoms with Crippen LogP contribution in [0.1, 0.15) is 40.5 Å². The Morgan fingerprint density at radius 1 is 1.24 bits per heavy atom. The standard InChI is InChI=1S/C21H28N2O5S/c1-5-6-15-27-16-7-9-17(10-8-16)29-21(18(24)22-26)11-13-23(14-12-21)19(25)28-20(2,3)4/h7-10,26H,11-15H2,1-4H3,(H,22,24). The van der Waals surface area contributed by atoms with E-state index in [0.717, 1.165) is 4.90 Å². The van der Waals surface area contributed by atoms with E-state index in [1.54, 1.807) is 17.3 Å². The molecule has 1 aliphatic rings. The Hall–Kier alpha value is -2.37. The van der Waals surface area contributed by atoms with Crippen LogP contribution in [0.3, 0.4) is 0 Å². The van der Waals surface area contributed by atoms with Crippen molar-refractivity contribution in [1.29, 1.82) is 0 Å². The molecule has 2 rings (SSSR count). The van der Waals surface area contributed by atoms with Crippen LogP contribution in [0.25, 0.3) is 0 Å². The third kappa shape index (κ3) is 6.58. The summed E-state index contributed by atoms with van der Waals surface area (Å²) in [5.74, 6) is 5.82. The minimum absolute atomic E-state index is 0.320. The largest absolute Gasteiger partial charge is 0.481 e. The SMILES string of the molecule is CC#CCOc1ccc(SC2(C(=O)NO)CCN(C(=O)OC(C)(C)C)CC2)cc1. The quantitative estimate of drug-likeness (QED) is 0.431. The Kier molecular flexibility index (Phi) is 7.82. The molecule has 158 valence electrons. The van der Waals surface area contributed by atoms with Crippen LogP contribution in [0.2, 0.25) is 0 Å². The predicted octanol–water partition coefficient (Wildman–Crippen LogP) is 3.46. The molecule has 0 aromatic heterocycles. The average molecular weight is 421 g/mol. The van der Waals surface area contributed by atoms with Crippen LogP contribution in [0, 0.1) is 11.8 Å². The van der Waals surface area contributed by atoms with E-state index in [1.807, 2.05) is 45.0 Å². The molecule has 0 bridgehead atoms. The van der Waals surface area contributed by atoms with Gasteiger partial charge in [-0.25, -0.2) is 10.3 Å². The Morgan fingerprint density at radius 2 is 1.86 bits per heavy atom. The molecule has 29 heavy (non-hydrogen) atoms. The van der Waals surface area contributed by atoms with E-state index in [9.17, 15) is 14.8 Å². The predicted molar refractivity (Wildman–Crippen MR) is 111 cm³/mol. The number of hydrogen-bond acceptors (Lipinski definition) is 6. The number of rotatable bonds is 5. The van der Waals surface area contributed by atoms with Crippen LogP contribution in [-0.4, -0.2) is 52.2 Å². The van der Waals surface area contributed by atoms with Crippen molar-refractivity contribution in [1.82, 2.24) is 10.4 Å². The average Bonchev–Trinajstić information content (AvgIpc) is 2.68. The Balaban J connectivity index is 2.05. The number of carbonyl (C=O) groups excluding carboxylic acids is 2. The zero-order valence-corrected chi connectivity index (χ0v) is 18.1. The second kappa shape index (κ2) is 9.90. The maximum atomic E-state index is 12.5. The topological polar surface area (TPSA) is 88.1 Å². The van der Waals surface area contributed by atoms with Gasteiger partial charge in [-0.1, -0.05) is 5.92 Å². The highest BCUT2D eigenvalue weighted by molar-refractivity contribution is 8.01. The number of ether oxygens (including phenoxy) is 2. The van der Waals surface area contributed by atoms with Gasteiger partial charge in [0.2, 0.25) is 0 Å². The number of benzene rings is 1. The molecule has 1 aromatic carbocycles. The smallest absolute Gasteiger partial charge is 0.410 e. The highest BCUT2D eigenvalue weighted by atomic mass is 32.2. The fourth-order valence-electron chi connectivity index (χ4n) is 2.88. The van der Waals surface area contributed by atoms with Gasteiger partial charge in [0.25, 0.3) is 5.91 Å². The number of nitrogens with one attached hydrogen (secondary N) is 1. The molecular weight excluding hydrogens is 392 g/mol. The Labute approximate surface area is 176 Å². The Morgan fingerprint density at radius 3 is 2.38 bits per heavy atom. The molecule has 7 nitrogen and oxygen atoms in total. The third-order valence-corrected chi connectivity index (χ3v) is 5.86. The van der Waals surface area contributed by atoms with Crippen molar-refractivity contribution in [2.75, 3.05) is 19.7 Å². The molecule has 0 unspecified atom stereocenters. The number of amides is 2. The first-order valence-electron chi connectivity index (χ1n) is 9.43. The van der Waals surface area contributed by atoms with Gasteiger partial charge in [-0.3, -0.25) is 10.0 Å². The van der Waals surface area contributed by atoms with Crippen molar-refractivity contribution >= 4 is 23.8 Å². The molecule has 1 aromatic rings. The number of nitrogens with zero attached hydrogens (tertiary/aromatic N) is 1. The van der Waals surface area contributed by atoms with Gasteiger partial charge < -0.3 is 14.4 Å². The van der Waals surface area contributed by atoms with E-state index in [1.165, 1.54) is 11.8 Å². The first-order valence-corrected chi connectivity index (χ1v) is 10.2. The zero-order chi connectivity index (χ0) is 21.5. The van der Waals surface area contributed by atoms with E-state index >= 15 is 0 Å². The van der Waals surface area contributed by atoms with Crippen molar-refractivity contribution in [3.8, 4) is 17.6 Å². The van der Waals surface area contributed by atoms with Crippen LogP contribution in [-0.2, 0) is 9.53 Å². The van der Waals surface area contributed by atoms with Crippen LogP contribution in [0.5, 0.6) is 5.75 Å². The zero-order valence-electron chi connectivity index (χ0n) is 17.3. The summed E-state index contributed by atoms with van der Waals surface area (Å²) >= 11 is 1.37. The minimum Gasteiger partial charge on any atom is -0.481 e. The molecule has 0 saturated carbocycles. The second-order valence-corrected chi connectivity index (χ2v) is 9.15. The summed E-state index contributed by atoms with van der Waals surface area (Å²) < 4.78 is 10.0. The number of carbonyl (C=O) groups is 2. The van der Waals surface area contributed by atoms with Crippen molar-refractivity contribution in [3.63, 3.8) is 0 Å². The first-order chi connectivity index (χ1) is 13.7. The summed E-state index contributed by atoms with van der Waals surface area (Å²) in [4.78, 5) is 27.2. The monoisotopic (exact) mass is 420 g/mol. The first kappa shape index (κ1) is 22.9. The summed E-state index contributed by atoms with van der Waals surface area (Å²) in [6.45, 7) is 8.25. The van der Waals surface area contributed by atoms with Crippen molar-refractivity contribution in [2.45, 2.75) is 55.8 Å². The Bertz CT molecular complexity index is 769. The molecule has 1 saturated heterocycles. The van der Waals surface area contributed by atoms with Crippen LogP contribution >= 0.6 is 11.8 Å². The number of piperidine rings is 1. The highest BCUT2D eigenvalue weighted by Gasteiger charge is 2.44. The number of hydrogen-bond donors (Lipinski definition) is 2. The molecule has 1 heterocycles. The summed E-state index contributed by atoms with van der Waals surface area (Å²) in [7, 11) is 0. The van der Waals surface area contributed by atoms with Crippen LogP contribution < -0.4 is 10.2 Å². The number of hydroxylamine groups is 1. The summed E-state index contributed by atoms with van der Waals surface area (Å²) in [5, 5.41) is 9.27. The lowest BCUT2D eigenvalue weighted by atomic mass is 9.95. The molecule has 2 N–H and O–H groups in total. The van der Waals surface area contributed by atoms with Crippen LogP contribution in [0.15, 0.2) is 29.2 Å². The lowest BCUT2D eigenvalue weighted by Crippen LogP contribution is -2.53. The van der Waals surface area contributed by atoms with Gasteiger partial charge in [-0.15, -0.1) is 17.7 Å². The molecular formula is C21H28N2O5S. The van der Waals surface area contributed by atoms with Crippen LogP contribution in [0.4, 0.5) is 4.79 Å². The van der Waals surface area contributed by atoms with E-state index < -0.39 is 22.3 Å². The summed E-state index contributed by atoms with van der Waals surface area (Å²) in [5.41, 5.74) is 1.22. The molecule has 8 heteroatoms. The fraction of sp³-hybridized carbons (Fsp3) is 0.524. The van der Waals surface area contributed by atoms with E-state index in [0.29, 0.717) is 38.3 Å². The lowest BCUT2D eigenvalue weighted by Gasteiger charge is -2.39. The lowest BCUT2D eigenvalue weighted by molar-refractivity contribution is -0.133. The van der Waals surface area contributed by atoms with E-state index in [2.05, 4.69) is 11.8 Å².